The predicted octanol–water partition coefficient (Wildman–Crippen LogP) is 3.06. The van der Waals surface area contributed by atoms with Gasteiger partial charge in [0.15, 0.2) is 0 Å². The molecule has 0 aromatic carbocycles. The van der Waals surface area contributed by atoms with E-state index in [1.807, 2.05) is 19.9 Å². The molecular formula is C15H16Cl2N6O2. The lowest BCUT2D eigenvalue weighted by atomic mass is 10.4. The fraction of sp³-hybridized carbons (Fsp3) is 0.200. The first kappa shape index (κ1) is 18.8. The molecule has 0 radical (unpaired) electrons. The highest BCUT2D eigenvalue weighted by atomic mass is 35.5. The molecule has 8 nitrogen and oxygen atoms in total. The minimum Gasteiger partial charge on any atom is -0.345 e. The summed E-state index contributed by atoms with van der Waals surface area (Å²) >= 11 is 11.4. The van der Waals surface area contributed by atoms with Crippen molar-refractivity contribution in [3.8, 4) is 0 Å². The zero-order chi connectivity index (χ0) is 17.4. The van der Waals surface area contributed by atoms with E-state index in [1.165, 1.54) is 0 Å². The molecule has 0 unspecified atom stereocenters. The number of fused-ring (bicyclic) bond motifs is 2. The van der Waals surface area contributed by atoms with Gasteiger partial charge in [-0.3, -0.25) is 14.8 Å². The van der Waals surface area contributed by atoms with Crippen molar-refractivity contribution in [3.05, 3.63) is 54.8 Å². The summed E-state index contributed by atoms with van der Waals surface area (Å²) in [6, 6.07) is 3.57. The van der Waals surface area contributed by atoms with Crippen LogP contribution < -0.4 is 11.2 Å². The maximum Gasteiger partial charge on any atom is 0.327 e. The van der Waals surface area contributed by atoms with E-state index in [2.05, 4.69) is 29.9 Å². The first-order valence-electron chi connectivity index (χ1n) is 6.84. The lowest BCUT2D eigenvalue weighted by Crippen LogP contribution is -2.21. The molecule has 4 heterocycles. The van der Waals surface area contributed by atoms with Crippen LogP contribution in [0.3, 0.4) is 0 Å². The topological polar surface area (TPSA) is 123 Å². The molecule has 0 atom stereocenters. The van der Waals surface area contributed by atoms with Gasteiger partial charge < -0.3 is 9.97 Å². The van der Waals surface area contributed by atoms with E-state index in [9.17, 15) is 9.59 Å². The number of hydrogen-bond donors (Lipinski definition) is 4. The molecule has 0 saturated carbocycles. The molecule has 10 heteroatoms. The molecule has 0 saturated heterocycles. The lowest BCUT2D eigenvalue weighted by Gasteiger charge is -1.92. The monoisotopic (exact) mass is 382 g/mol. The standard InChI is InChI=1S/C7H5Cl2N3.C7H7N3O2.CH4/c1-3-2-4-5(8)11-7(9)12-6(4)10-3;1-3-2-4-5(8-3)9-7(12)10-6(4)11;/h2H,1H3,(H,10,11,12);2H,1H3,(H3,8,9,10,11,12);1H4. The van der Waals surface area contributed by atoms with Crippen molar-refractivity contribution in [1.29, 1.82) is 0 Å². The molecule has 0 fully saturated rings. The number of nitrogens with one attached hydrogen (secondary N) is 4. The van der Waals surface area contributed by atoms with Crippen LogP contribution in [0.25, 0.3) is 22.1 Å². The first-order chi connectivity index (χ1) is 11.3. The Labute approximate surface area is 151 Å². The molecule has 0 bridgehead atoms. The lowest BCUT2D eigenvalue weighted by molar-refractivity contribution is 1.07. The van der Waals surface area contributed by atoms with Crippen molar-refractivity contribution in [1.82, 2.24) is 29.9 Å². The third-order valence-corrected chi connectivity index (χ3v) is 3.67. The first-order valence-corrected chi connectivity index (χ1v) is 7.59. The van der Waals surface area contributed by atoms with Gasteiger partial charge in [-0.1, -0.05) is 19.0 Å². The summed E-state index contributed by atoms with van der Waals surface area (Å²) in [4.78, 5) is 40.2. The molecule has 0 aliphatic carbocycles. The molecule has 0 amide bonds. The van der Waals surface area contributed by atoms with Gasteiger partial charge in [-0.15, -0.1) is 0 Å². The molecule has 0 aliphatic rings. The molecule has 4 aromatic heterocycles. The van der Waals surface area contributed by atoms with Crippen LogP contribution in [-0.4, -0.2) is 29.9 Å². The van der Waals surface area contributed by atoms with Crippen LogP contribution in [0.15, 0.2) is 21.7 Å². The van der Waals surface area contributed by atoms with Crippen LogP contribution in [0, 0.1) is 13.8 Å². The van der Waals surface area contributed by atoms with Crippen LogP contribution in [0.2, 0.25) is 10.4 Å². The van der Waals surface area contributed by atoms with Crippen molar-refractivity contribution in [2.75, 3.05) is 0 Å². The van der Waals surface area contributed by atoms with Gasteiger partial charge in [-0.2, -0.15) is 4.98 Å². The normalized spacial score (nSPS) is 10.4. The third-order valence-electron chi connectivity index (χ3n) is 3.21. The molecule has 4 aromatic rings. The zero-order valence-electron chi connectivity index (χ0n) is 12.6. The molecule has 0 spiro atoms. The Morgan fingerprint density at radius 2 is 1.52 bits per heavy atom. The molecule has 25 heavy (non-hydrogen) atoms. The SMILES string of the molecule is C.Cc1cc2c(=O)[nH]c(=O)[nH]c2[nH]1.Cc1cc2c(Cl)nc(Cl)nc2[nH]1. The summed E-state index contributed by atoms with van der Waals surface area (Å²) in [6.07, 6.45) is 0. The average molecular weight is 383 g/mol. The van der Waals surface area contributed by atoms with E-state index >= 15 is 0 Å². The van der Waals surface area contributed by atoms with Crippen LogP contribution in [-0.2, 0) is 0 Å². The van der Waals surface area contributed by atoms with Crippen LogP contribution >= 0.6 is 23.2 Å². The Kier molecular flexibility index (Phi) is 5.34. The van der Waals surface area contributed by atoms with E-state index in [1.54, 1.807) is 6.07 Å². The Morgan fingerprint density at radius 3 is 2.24 bits per heavy atom. The second-order valence-electron chi connectivity index (χ2n) is 5.15. The van der Waals surface area contributed by atoms with E-state index in [0.717, 1.165) is 16.8 Å². The summed E-state index contributed by atoms with van der Waals surface area (Å²) in [5.74, 6) is 0. The van der Waals surface area contributed by atoms with Crippen molar-refractivity contribution in [2.24, 2.45) is 0 Å². The maximum absolute atomic E-state index is 11.1. The summed E-state index contributed by atoms with van der Waals surface area (Å²) in [5, 5.41) is 1.83. The Bertz CT molecular complexity index is 1150. The van der Waals surface area contributed by atoms with Gasteiger partial charge in [0.25, 0.3) is 5.56 Å². The fourth-order valence-electron chi connectivity index (χ4n) is 2.26. The van der Waals surface area contributed by atoms with Crippen molar-refractivity contribution < 1.29 is 0 Å². The number of halogens is 2. The van der Waals surface area contributed by atoms with E-state index in [0.29, 0.717) is 21.8 Å². The van der Waals surface area contributed by atoms with E-state index in [4.69, 9.17) is 23.2 Å². The highest BCUT2D eigenvalue weighted by Crippen LogP contribution is 2.22. The molecule has 0 aliphatic heterocycles. The quantitative estimate of drug-likeness (QED) is 0.275. The molecule has 132 valence electrons. The van der Waals surface area contributed by atoms with Crippen molar-refractivity contribution in [2.45, 2.75) is 21.3 Å². The number of rotatable bonds is 0. The summed E-state index contributed by atoms with van der Waals surface area (Å²) < 4.78 is 0. The van der Waals surface area contributed by atoms with Gasteiger partial charge in [-0.25, -0.2) is 9.78 Å². The summed E-state index contributed by atoms with van der Waals surface area (Å²) in [6.45, 7) is 3.74. The van der Waals surface area contributed by atoms with Gasteiger partial charge >= 0.3 is 5.69 Å². The average Bonchev–Trinajstić information content (AvgIpc) is 3.01. The van der Waals surface area contributed by atoms with E-state index in [-0.39, 0.29) is 18.3 Å². The van der Waals surface area contributed by atoms with Crippen LogP contribution in [0.4, 0.5) is 0 Å². The van der Waals surface area contributed by atoms with Gasteiger partial charge in [0.2, 0.25) is 5.28 Å². The second-order valence-corrected chi connectivity index (χ2v) is 5.84. The summed E-state index contributed by atoms with van der Waals surface area (Å²) in [7, 11) is 0. The number of nitrogens with zero attached hydrogens (tertiary/aromatic N) is 2. The highest BCUT2D eigenvalue weighted by Gasteiger charge is 2.06. The Balaban J connectivity index is 0.000000173. The molecule has 4 rings (SSSR count). The van der Waals surface area contributed by atoms with Gasteiger partial charge in [0, 0.05) is 11.4 Å². The Hall–Kier alpha value is -2.58. The number of hydrogen-bond acceptors (Lipinski definition) is 4. The Morgan fingerprint density at radius 1 is 0.880 bits per heavy atom. The minimum atomic E-state index is -0.491. The van der Waals surface area contributed by atoms with Crippen LogP contribution in [0.1, 0.15) is 18.8 Å². The van der Waals surface area contributed by atoms with Crippen molar-refractivity contribution >= 4 is 45.3 Å². The van der Waals surface area contributed by atoms with Gasteiger partial charge in [0.05, 0.1) is 10.8 Å². The largest absolute Gasteiger partial charge is 0.345 e. The second kappa shape index (κ2) is 7.12. The highest BCUT2D eigenvalue weighted by molar-refractivity contribution is 6.35. The zero-order valence-corrected chi connectivity index (χ0v) is 14.1. The van der Waals surface area contributed by atoms with E-state index < -0.39 is 5.69 Å². The maximum atomic E-state index is 11.1. The number of aryl methyl sites for hydroxylation is 2. The number of H-pyrrole nitrogens is 4. The van der Waals surface area contributed by atoms with Crippen LogP contribution in [0.5, 0.6) is 0 Å². The molecular weight excluding hydrogens is 367 g/mol. The predicted molar refractivity (Wildman–Crippen MR) is 99.7 cm³/mol. The fourth-order valence-corrected chi connectivity index (χ4v) is 2.70. The van der Waals surface area contributed by atoms with Crippen molar-refractivity contribution in [3.63, 3.8) is 0 Å². The number of aromatic amines is 4. The minimum absolute atomic E-state index is 0. The third kappa shape index (κ3) is 3.92. The smallest absolute Gasteiger partial charge is 0.327 e. The van der Waals surface area contributed by atoms with Gasteiger partial charge in [-0.05, 0) is 37.6 Å². The number of aromatic nitrogens is 6. The molecule has 4 N–H and O–H groups in total. The van der Waals surface area contributed by atoms with Gasteiger partial charge in [0.1, 0.15) is 16.4 Å². The summed E-state index contributed by atoms with van der Waals surface area (Å²) in [5.41, 5.74) is 2.13.